The molecule has 0 saturated heterocycles. The van der Waals surface area contributed by atoms with Crippen LogP contribution in [-0.4, -0.2) is 45.5 Å². The first-order chi connectivity index (χ1) is 13.5. The average Bonchev–Trinajstić information content (AvgIpc) is 3.04. The maximum atomic E-state index is 12.7. The number of hydrogen-bond acceptors (Lipinski definition) is 3. The first-order valence-electron chi connectivity index (χ1n) is 9.82. The predicted octanol–water partition coefficient (Wildman–Crippen LogP) is 4.14. The molecule has 2 amide bonds. The van der Waals surface area contributed by atoms with Gasteiger partial charge in [0.15, 0.2) is 0 Å². The van der Waals surface area contributed by atoms with Crippen LogP contribution >= 0.6 is 11.6 Å². The van der Waals surface area contributed by atoms with Crippen molar-refractivity contribution in [2.75, 3.05) is 24.3 Å². The van der Waals surface area contributed by atoms with E-state index in [2.05, 4.69) is 26.1 Å². The number of amides is 2. The third-order valence-electron chi connectivity index (χ3n) is 4.38. The van der Waals surface area contributed by atoms with Crippen LogP contribution in [0, 0.1) is 12.8 Å². The van der Waals surface area contributed by atoms with E-state index in [1.54, 1.807) is 4.68 Å². The van der Waals surface area contributed by atoms with Gasteiger partial charge >= 0.3 is 0 Å². The van der Waals surface area contributed by atoms with Gasteiger partial charge in [-0.3, -0.25) is 9.59 Å². The number of nitrogens with zero attached hydrogens (tertiary/aromatic N) is 3. The summed E-state index contributed by atoms with van der Waals surface area (Å²) >= 11 is 5.71. The summed E-state index contributed by atoms with van der Waals surface area (Å²) in [6.07, 6.45) is 0. The average molecular weight is 419 g/mol. The Labute approximate surface area is 178 Å². The summed E-state index contributed by atoms with van der Waals surface area (Å²) in [4.78, 5) is 26.3. The third kappa shape index (κ3) is 6.32. The molecular formula is C22H31ClN4O2. The van der Waals surface area contributed by atoms with E-state index in [-0.39, 0.29) is 35.6 Å². The van der Waals surface area contributed by atoms with Crippen molar-refractivity contribution >= 4 is 29.2 Å². The van der Waals surface area contributed by atoms with E-state index in [1.165, 1.54) is 4.90 Å². The Morgan fingerprint density at radius 2 is 1.93 bits per heavy atom. The molecule has 0 aliphatic heterocycles. The Balaban J connectivity index is 2.31. The van der Waals surface area contributed by atoms with Crippen LogP contribution in [0.2, 0.25) is 0 Å². The highest BCUT2D eigenvalue weighted by molar-refractivity contribution is 6.27. The number of alkyl halides is 1. The second-order valence-corrected chi connectivity index (χ2v) is 9.03. The van der Waals surface area contributed by atoms with Gasteiger partial charge in [0.1, 0.15) is 11.7 Å². The molecule has 0 radical (unpaired) electrons. The van der Waals surface area contributed by atoms with Crippen LogP contribution in [0.15, 0.2) is 30.3 Å². The van der Waals surface area contributed by atoms with Crippen LogP contribution in [0.4, 0.5) is 5.82 Å². The summed E-state index contributed by atoms with van der Waals surface area (Å²) in [7, 11) is 0. The minimum atomic E-state index is -0.279. The highest BCUT2D eigenvalue weighted by Crippen LogP contribution is 2.26. The van der Waals surface area contributed by atoms with Crippen LogP contribution in [0.3, 0.4) is 0 Å². The van der Waals surface area contributed by atoms with Crippen LogP contribution in [0.25, 0.3) is 5.69 Å². The Bertz CT molecular complexity index is 868. The number of rotatable bonds is 7. The van der Waals surface area contributed by atoms with Crippen LogP contribution < -0.4 is 5.32 Å². The highest BCUT2D eigenvalue weighted by atomic mass is 35.5. The summed E-state index contributed by atoms with van der Waals surface area (Å²) in [5, 5.41) is 7.65. The van der Waals surface area contributed by atoms with E-state index >= 15 is 0 Å². The van der Waals surface area contributed by atoms with Gasteiger partial charge in [-0.2, -0.15) is 5.10 Å². The van der Waals surface area contributed by atoms with Gasteiger partial charge in [0.25, 0.3) is 0 Å². The second kappa shape index (κ2) is 9.44. The SMILES string of the molecule is Cc1cccc(-n2nc(C(C)(C)C)cc2NC(=O)CN(CC(C)C)C(=O)CCl)c1. The fourth-order valence-corrected chi connectivity index (χ4v) is 3.10. The molecule has 0 aliphatic rings. The second-order valence-electron chi connectivity index (χ2n) is 8.77. The van der Waals surface area contributed by atoms with Crippen molar-refractivity contribution in [3.8, 4) is 5.69 Å². The lowest BCUT2D eigenvalue weighted by atomic mass is 9.92. The summed E-state index contributed by atoms with van der Waals surface area (Å²) in [6, 6.07) is 9.81. The number of anilines is 1. The van der Waals surface area contributed by atoms with Crippen LogP contribution in [0.5, 0.6) is 0 Å². The molecule has 1 aromatic carbocycles. The number of halogens is 1. The summed E-state index contributed by atoms with van der Waals surface area (Å²) < 4.78 is 1.74. The quantitative estimate of drug-likeness (QED) is 0.687. The fraction of sp³-hybridized carbons (Fsp3) is 0.500. The molecule has 29 heavy (non-hydrogen) atoms. The molecule has 0 spiro atoms. The topological polar surface area (TPSA) is 67.2 Å². The number of carbonyl (C=O) groups excluding carboxylic acids is 2. The maximum absolute atomic E-state index is 12.7. The lowest BCUT2D eigenvalue weighted by Gasteiger charge is -2.23. The highest BCUT2D eigenvalue weighted by Gasteiger charge is 2.23. The van der Waals surface area contributed by atoms with E-state index < -0.39 is 0 Å². The molecule has 0 saturated carbocycles. The van der Waals surface area contributed by atoms with E-state index in [0.717, 1.165) is 16.9 Å². The monoisotopic (exact) mass is 418 g/mol. The number of benzene rings is 1. The molecular weight excluding hydrogens is 388 g/mol. The van der Waals surface area contributed by atoms with Gasteiger partial charge in [-0.25, -0.2) is 4.68 Å². The van der Waals surface area contributed by atoms with Crippen molar-refractivity contribution in [3.63, 3.8) is 0 Å². The number of aryl methyl sites for hydroxylation is 1. The van der Waals surface area contributed by atoms with Crippen molar-refractivity contribution in [2.45, 2.75) is 47.0 Å². The molecule has 0 bridgehead atoms. The number of aromatic nitrogens is 2. The predicted molar refractivity (Wildman–Crippen MR) is 118 cm³/mol. The van der Waals surface area contributed by atoms with Crippen LogP contribution in [-0.2, 0) is 15.0 Å². The van der Waals surface area contributed by atoms with Gasteiger partial charge in [-0.1, -0.05) is 46.8 Å². The summed E-state index contributed by atoms with van der Waals surface area (Å²) in [6.45, 7) is 12.7. The molecule has 7 heteroatoms. The van der Waals surface area contributed by atoms with Gasteiger partial charge in [0.05, 0.1) is 17.9 Å². The summed E-state index contributed by atoms with van der Waals surface area (Å²) in [5.74, 6) is 0.139. The van der Waals surface area contributed by atoms with Crippen LogP contribution in [0.1, 0.15) is 45.9 Å². The Kier molecular flexibility index (Phi) is 7.47. The molecule has 158 valence electrons. The van der Waals surface area contributed by atoms with Gasteiger partial charge < -0.3 is 10.2 Å². The minimum Gasteiger partial charge on any atom is -0.332 e. The molecule has 0 atom stereocenters. The largest absolute Gasteiger partial charge is 0.332 e. The summed E-state index contributed by atoms with van der Waals surface area (Å²) in [5.41, 5.74) is 2.66. The zero-order valence-electron chi connectivity index (χ0n) is 18.1. The maximum Gasteiger partial charge on any atom is 0.245 e. The molecule has 1 N–H and O–H groups in total. The molecule has 0 unspecified atom stereocenters. The molecule has 0 fully saturated rings. The Morgan fingerprint density at radius 1 is 1.24 bits per heavy atom. The lowest BCUT2D eigenvalue weighted by molar-refractivity contribution is -0.133. The Morgan fingerprint density at radius 3 is 2.48 bits per heavy atom. The van der Waals surface area contributed by atoms with Gasteiger partial charge in [-0.15, -0.1) is 11.6 Å². The number of nitrogens with one attached hydrogen (secondary N) is 1. The zero-order valence-corrected chi connectivity index (χ0v) is 18.9. The van der Waals surface area contributed by atoms with E-state index in [1.807, 2.05) is 51.1 Å². The van der Waals surface area contributed by atoms with Gasteiger partial charge in [0.2, 0.25) is 11.8 Å². The third-order valence-corrected chi connectivity index (χ3v) is 4.61. The first kappa shape index (κ1) is 22.9. The number of carbonyl (C=O) groups is 2. The molecule has 0 aliphatic carbocycles. The molecule has 6 nitrogen and oxygen atoms in total. The van der Waals surface area contributed by atoms with E-state index in [4.69, 9.17) is 16.7 Å². The zero-order chi connectivity index (χ0) is 21.8. The molecule has 1 heterocycles. The fourth-order valence-electron chi connectivity index (χ4n) is 2.93. The molecule has 2 aromatic rings. The van der Waals surface area contributed by atoms with Crippen molar-refractivity contribution in [2.24, 2.45) is 5.92 Å². The van der Waals surface area contributed by atoms with Crippen molar-refractivity contribution in [1.29, 1.82) is 0 Å². The number of hydrogen-bond donors (Lipinski definition) is 1. The molecule has 2 rings (SSSR count). The van der Waals surface area contributed by atoms with E-state index in [0.29, 0.717) is 12.4 Å². The minimum absolute atomic E-state index is 0.0480. The van der Waals surface area contributed by atoms with Gasteiger partial charge in [-0.05, 0) is 30.5 Å². The van der Waals surface area contributed by atoms with Crippen molar-refractivity contribution in [3.05, 3.63) is 41.6 Å². The van der Waals surface area contributed by atoms with Gasteiger partial charge in [0, 0.05) is 18.0 Å². The van der Waals surface area contributed by atoms with Crippen molar-refractivity contribution < 1.29 is 9.59 Å². The first-order valence-corrected chi connectivity index (χ1v) is 10.4. The standard InChI is InChI=1S/C22H31ClN4O2/c1-15(2)13-26(21(29)12-23)14-20(28)24-19-11-18(22(4,5)6)25-27(19)17-9-7-8-16(3)10-17/h7-11,15H,12-14H2,1-6H3,(H,24,28). The van der Waals surface area contributed by atoms with Crippen molar-refractivity contribution in [1.82, 2.24) is 14.7 Å². The lowest BCUT2D eigenvalue weighted by Crippen LogP contribution is -2.41. The Hall–Kier alpha value is -2.34. The molecule has 1 aromatic heterocycles. The smallest absolute Gasteiger partial charge is 0.245 e. The normalized spacial score (nSPS) is 11.6. The van der Waals surface area contributed by atoms with E-state index in [9.17, 15) is 9.59 Å².